The van der Waals surface area contributed by atoms with Crippen molar-refractivity contribution >= 4 is 22.4 Å². The zero-order valence-corrected chi connectivity index (χ0v) is 14.3. The second-order valence-corrected chi connectivity index (χ2v) is 6.48. The minimum Gasteiger partial charge on any atom is -0.310 e. The van der Waals surface area contributed by atoms with Crippen LogP contribution in [-0.4, -0.2) is 15.5 Å². The Morgan fingerprint density at radius 1 is 1.17 bits per heavy atom. The third-order valence-corrected chi connectivity index (χ3v) is 4.43. The van der Waals surface area contributed by atoms with Gasteiger partial charge < -0.3 is 4.57 Å². The predicted octanol–water partition coefficient (Wildman–Crippen LogP) is 3.22. The molecule has 122 valence electrons. The van der Waals surface area contributed by atoms with Crippen LogP contribution in [0.3, 0.4) is 0 Å². The van der Waals surface area contributed by atoms with Crippen molar-refractivity contribution in [3.05, 3.63) is 80.7 Å². The smallest absolute Gasteiger partial charge is 0.258 e. The van der Waals surface area contributed by atoms with Crippen LogP contribution in [0.2, 0.25) is 0 Å². The van der Waals surface area contributed by atoms with Crippen LogP contribution in [0.25, 0.3) is 0 Å². The van der Waals surface area contributed by atoms with E-state index < -0.39 is 0 Å². The molecule has 0 aliphatic heterocycles. The van der Waals surface area contributed by atoms with Crippen LogP contribution in [0.4, 0.5) is 5.13 Å². The molecule has 0 saturated heterocycles. The lowest BCUT2D eigenvalue weighted by Gasteiger charge is -2.08. The van der Waals surface area contributed by atoms with Crippen molar-refractivity contribution in [2.45, 2.75) is 20.4 Å². The fourth-order valence-corrected chi connectivity index (χ4v) is 2.94. The molecular weight excluding hydrogens is 322 g/mol. The van der Waals surface area contributed by atoms with Gasteiger partial charge in [0.1, 0.15) is 0 Å². The van der Waals surface area contributed by atoms with Gasteiger partial charge in [0.05, 0.1) is 17.8 Å². The van der Waals surface area contributed by atoms with Crippen molar-refractivity contribution < 1.29 is 4.79 Å². The predicted molar refractivity (Wildman–Crippen MR) is 95.8 cm³/mol. The first-order valence-electron chi connectivity index (χ1n) is 7.51. The molecule has 0 unspecified atom stereocenters. The first kappa shape index (κ1) is 16.1. The summed E-state index contributed by atoms with van der Waals surface area (Å²) >= 11 is 1.37. The molecule has 0 radical (unpaired) electrons. The molecule has 0 aliphatic rings. The number of aromatic nitrogens is 2. The number of aryl methyl sites for hydroxylation is 2. The van der Waals surface area contributed by atoms with Gasteiger partial charge in [-0.25, -0.2) is 4.98 Å². The minimum atomic E-state index is -0.276. The number of benzene rings is 1. The number of pyridine rings is 1. The molecule has 1 N–H and O–H groups in total. The maximum absolute atomic E-state index is 12.3. The lowest BCUT2D eigenvalue weighted by atomic mass is 10.1. The largest absolute Gasteiger partial charge is 0.310 e. The minimum absolute atomic E-state index is 0.141. The summed E-state index contributed by atoms with van der Waals surface area (Å²) in [6.07, 6.45) is 1.58. The van der Waals surface area contributed by atoms with Crippen molar-refractivity contribution in [1.82, 2.24) is 9.55 Å². The van der Waals surface area contributed by atoms with Gasteiger partial charge in [0.2, 0.25) is 0 Å². The molecule has 1 amide bonds. The van der Waals surface area contributed by atoms with Crippen LogP contribution in [0.1, 0.15) is 27.2 Å². The third-order valence-electron chi connectivity index (χ3n) is 3.56. The number of amides is 1. The second-order valence-electron chi connectivity index (χ2n) is 5.62. The average Bonchev–Trinajstić information content (AvgIpc) is 2.96. The van der Waals surface area contributed by atoms with Crippen molar-refractivity contribution in [1.29, 1.82) is 0 Å². The molecule has 0 aliphatic carbocycles. The summed E-state index contributed by atoms with van der Waals surface area (Å²) in [6.45, 7) is 4.31. The van der Waals surface area contributed by atoms with Crippen molar-refractivity contribution in [2.24, 2.45) is 0 Å². The summed E-state index contributed by atoms with van der Waals surface area (Å²) in [7, 11) is 0. The normalized spacial score (nSPS) is 10.6. The molecule has 3 aromatic rings. The molecule has 6 heteroatoms. The highest BCUT2D eigenvalue weighted by Gasteiger charge is 2.10. The Morgan fingerprint density at radius 3 is 2.58 bits per heavy atom. The molecule has 24 heavy (non-hydrogen) atoms. The van der Waals surface area contributed by atoms with Gasteiger partial charge in [-0.3, -0.25) is 14.9 Å². The summed E-state index contributed by atoms with van der Waals surface area (Å²) < 4.78 is 1.53. The molecule has 0 fully saturated rings. The summed E-state index contributed by atoms with van der Waals surface area (Å²) in [6, 6.07) is 10.9. The Kier molecular flexibility index (Phi) is 4.57. The zero-order chi connectivity index (χ0) is 17.1. The van der Waals surface area contributed by atoms with E-state index >= 15 is 0 Å². The fraction of sp³-hybridized carbons (Fsp3) is 0.167. The van der Waals surface area contributed by atoms with Gasteiger partial charge in [0.25, 0.3) is 11.5 Å². The maximum atomic E-state index is 12.3. The summed E-state index contributed by atoms with van der Waals surface area (Å²) in [5.74, 6) is -0.276. The van der Waals surface area contributed by atoms with Gasteiger partial charge in [-0.05, 0) is 25.5 Å². The standard InChI is InChI=1S/C18H17N3O2S/c1-12-3-5-14(6-4-12)9-21-10-15(7-8-16(21)22)17(23)20-18-19-13(2)11-24-18/h3-8,10-11H,9H2,1-2H3,(H,19,20,23). The van der Waals surface area contributed by atoms with E-state index in [4.69, 9.17) is 0 Å². The van der Waals surface area contributed by atoms with Crippen molar-refractivity contribution in [3.63, 3.8) is 0 Å². The number of thiazole rings is 1. The van der Waals surface area contributed by atoms with Crippen molar-refractivity contribution in [3.8, 4) is 0 Å². The summed E-state index contributed by atoms with van der Waals surface area (Å²) in [5.41, 5.74) is 3.32. The van der Waals surface area contributed by atoms with Crippen molar-refractivity contribution in [2.75, 3.05) is 5.32 Å². The van der Waals surface area contributed by atoms with Crippen LogP contribution in [0.15, 0.2) is 52.8 Å². The Bertz CT molecular complexity index is 926. The third kappa shape index (κ3) is 3.78. The molecule has 0 bridgehead atoms. The molecule has 2 aromatic heterocycles. The second kappa shape index (κ2) is 6.80. The fourth-order valence-electron chi connectivity index (χ4n) is 2.26. The van der Waals surface area contributed by atoms with Crippen LogP contribution in [0.5, 0.6) is 0 Å². The van der Waals surface area contributed by atoms with Gasteiger partial charge in [-0.1, -0.05) is 29.8 Å². The highest BCUT2D eigenvalue weighted by Crippen LogP contribution is 2.15. The lowest BCUT2D eigenvalue weighted by Crippen LogP contribution is -2.22. The number of carbonyl (C=O) groups excluding carboxylic acids is 1. The Labute approximate surface area is 143 Å². The summed E-state index contributed by atoms with van der Waals surface area (Å²) in [5, 5.41) is 5.17. The van der Waals surface area contributed by atoms with E-state index in [1.807, 2.05) is 43.5 Å². The molecular formula is C18H17N3O2S. The summed E-state index contributed by atoms with van der Waals surface area (Å²) in [4.78, 5) is 28.6. The zero-order valence-electron chi connectivity index (χ0n) is 13.4. The van der Waals surface area contributed by atoms with Crippen LogP contribution < -0.4 is 10.9 Å². The number of nitrogens with zero attached hydrogens (tertiary/aromatic N) is 2. The van der Waals surface area contributed by atoms with Gasteiger partial charge in [0.15, 0.2) is 5.13 Å². The molecule has 1 aromatic carbocycles. The number of hydrogen-bond acceptors (Lipinski definition) is 4. The van der Waals surface area contributed by atoms with Gasteiger partial charge >= 0.3 is 0 Å². The Morgan fingerprint density at radius 2 is 1.92 bits per heavy atom. The number of hydrogen-bond donors (Lipinski definition) is 1. The molecule has 0 saturated carbocycles. The molecule has 0 atom stereocenters. The molecule has 5 nitrogen and oxygen atoms in total. The van der Waals surface area contributed by atoms with E-state index in [0.717, 1.165) is 16.8 Å². The van der Waals surface area contributed by atoms with Gasteiger partial charge in [-0.15, -0.1) is 11.3 Å². The average molecular weight is 339 g/mol. The highest BCUT2D eigenvalue weighted by molar-refractivity contribution is 7.13. The van der Waals surface area contributed by atoms with Crippen LogP contribution in [0, 0.1) is 13.8 Å². The highest BCUT2D eigenvalue weighted by atomic mass is 32.1. The number of carbonyl (C=O) groups is 1. The first-order valence-corrected chi connectivity index (χ1v) is 8.39. The van der Waals surface area contributed by atoms with E-state index in [1.165, 1.54) is 28.0 Å². The molecule has 3 rings (SSSR count). The van der Waals surface area contributed by atoms with Crippen LogP contribution >= 0.6 is 11.3 Å². The Hall–Kier alpha value is -2.73. The van der Waals surface area contributed by atoms with Gasteiger partial charge in [-0.2, -0.15) is 0 Å². The first-order chi connectivity index (χ1) is 11.5. The topological polar surface area (TPSA) is 64.0 Å². The maximum Gasteiger partial charge on any atom is 0.258 e. The number of nitrogens with one attached hydrogen (secondary N) is 1. The van der Waals surface area contributed by atoms with E-state index in [-0.39, 0.29) is 11.5 Å². The van der Waals surface area contributed by atoms with E-state index in [9.17, 15) is 9.59 Å². The quantitative estimate of drug-likeness (QED) is 0.794. The SMILES string of the molecule is Cc1ccc(Cn2cc(C(=O)Nc3nc(C)cs3)ccc2=O)cc1. The van der Waals surface area contributed by atoms with E-state index in [0.29, 0.717) is 17.2 Å². The van der Waals surface area contributed by atoms with Gasteiger partial charge in [0, 0.05) is 17.6 Å². The van der Waals surface area contributed by atoms with Crippen LogP contribution in [-0.2, 0) is 6.54 Å². The number of rotatable bonds is 4. The lowest BCUT2D eigenvalue weighted by molar-refractivity contribution is 0.102. The van der Waals surface area contributed by atoms with E-state index in [1.54, 1.807) is 6.20 Å². The molecule has 0 spiro atoms. The monoisotopic (exact) mass is 339 g/mol. The Balaban J connectivity index is 1.81. The number of anilines is 1. The van der Waals surface area contributed by atoms with E-state index in [2.05, 4.69) is 10.3 Å². The molecule has 2 heterocycles.